The molecule has 0 spiro atoms. The van der Waals surface area contributed by atoms with Crippen molar-refractivity contribution in [3.8, 4) is 11.5 Å². The van der Waals surface area contributed by atoms with Crippen molar-refractivity contribution in [3.63, 3.8) is 0 Å². The third-order valence-electron chi connectivity index (χ3n) is 4.49. The Morgan fingerprint density at radius 3 is 2.23 bits per heavy atom. The first-order chi connectivity index (χ1) is 12.0. The average molecular weight is 367 g/mol. The molecule has 0 fully saturated rings. The second-order valence-electron chi connectivity index (χ2n) is 7.12. The van der Waals surface area contributed by atoms with Gasteiger partial charge < -0.3 is 25.4 Å². The number of carbonyl (C=O) groups excluding carboxylic acids is 2. The van der Waals surface area contributed by atoms with Crippen molar-refractivity contribution < 1.29 is 29.3 Å². The second-order valence-corrected chi connectivity index (χ2v) is 7.12. The number of nitrogens with two attached hydrogens (primary N) is 1. The second kappa shape index (κ2) is 8.89. The van der Waals surface area contributed by atoms with Crippen molar-refractivity contribution in [1.29, 1.82) is 0 Å². The van der Waals surface area contributed by atoms with Gasteiger partial charge in [-0.15, -0.1) is 0 Å². The summed E-state index contributed by atoms with van der Waals surface area (Å²) in [5.74, 6) is -1.51. The zero-order valence-electron chi connectivity index (χ0n) is 16.0. The van der Waals surface area contributed by atoms with Crippen LogP contribution in [0.3, 0.4) is 0 Å². The largest absolute Gasteiger partial charge is 0.504 e. The van der Waals surface area contributed by atoms with Gasteiger partial charge in [0, 0.05) is 0 Å². The quantitative estimate of drug-likeness (QED) is 0.476. The highest BCUT2D eigenvalue weighted by Crippen LogP contribution is 2.25. The number of esters is 2. The zero-order chi connectivity index (χ0) is 20.1. The molecule has 0 saturated heterocycles. The summed E-state index contributed by atoms with van der Waals surface area (Å²) in [6.07, 6.45) is -0.492. The molecule has 7 nitrogen and oxygen atoms in total. The van der Waals surface area contributed by atoms with Gasteiger partial charge in [-0.25, -0.2) is 0 Å². The van der Waals surface area contributed by atoms with Gasteiger partial charge in [0.2, 0.25) is 0 Å². The van der Waals surface area contributed by atoms with Crippen molar-refractivity contribution in [2.45, 2.75) is 65.7 Å². The SMILES string of the molecule is CCC(C)(C)C(=O)O[C@@H](C)[C@H](C)OC(=O)[C@@H](N)Cc1ccc(O)c(O)c1. The first-order valence-corrected chi connectivity index (χ1v) is 8.66. The molecular formula is C19H29NO6. The lowest BCUT2D eigenvalue weighted by Crippen LogP contribution is -2.40. The lowest BCUT2D eigenvalue weighted by molar-refractivity contribution is -0.172. The number of carbonyl (C=O) groups is 2. The van der Waals surface area contributed by atoms with E-state index in [0.717, 1.165) is 0 Å². The predicted octanol–water partition coefficient (Wildman–Crippen LogP) is 2.27. The van der Waals surface area contributed by atoms with E-state index in [9.17, 15) is 19.8 Å². The number of phenols is 2. The smallest absolute Gasteiger partial charge is 0.323 e. The van der Waals surface area contributed by atoms with Crippen LogP contribution >= 0.6 is 0 Å². The molecule has 0 amide bonds. The van der Waals surface area contributed by atoms with Crippen LogP contribution in [-0.2, 0) is 25.5 Å². The first-order valence-electron chi connectivity index (χ1n) is 8.66. The molecule has 4 N–H and O–H groups in total. The number of rotatable bonds is 8. The van der Waals surface area contributed by atoms with Crippen LogP contribution in [0.25, 0.3) is 0 Å². The van der Waals surface area contributed by atoms with Gasteiger partial charge in [0.25, 0.3) is 0 Å². The first kappa shape index (κ1) is 21.8. The highest BCUT2D eigenvalue weighted by atomic mass is 16.6. The van der Waals surface area contributed by atoms with Crippen LogP contribution in [0.4, 0.5) is 0 Å². The fourth-order valence-corrected chi connectivity index (χ4v) is 1.97. The monoisotopic (exact) mass is 367 g/mol. The zero-order valence-corrected chi connectivity index (χ0v) is 16.0. The highest BCUT2D eigenvalue weighted by Gasteiger charge is 2.31. The molecule has 7 heteroatoms. The van der Waals surface area contributed by atoms with Crippen LogP contribution in [0.5, 0.6) is 11.5 Å². The summed E-state index contributed by atoms with van der Waals surface area (Å²) >= 11 is 0. The van der Waals surface area contributed by atoms with Gasteiger partial charge in [-0.2, -0.15) is 0 Å². The highest BCUT2D eigenvalue weighted by molar-refractivity contribution is 5.77. The Labute approximate surface area is 154 Å². The fraction of sp³-hybridized carbons (Fsp3) is 0.579. The minimum atomic E-state index is -0.948. The number of benzene rings is 1. The van der Waals surface area contributed by atoms with Crippen molar-refractivity contribution in [2.75, 3.05) is 0 Å². The summed E-state index contributed by atoms with van der Waals surface area (Å²) in [6.45, 7) is 8.78. The van der Waals surface area contributed by atoms with Gasteiger partial charge in [0.05, 0.1) is 5.41 Å². The number of ether oxygens (including phenoxy) is 2. The van der Waals surface area contributed by atoms with E-state index >= 15 is 0 Å². The normalized spacial score (nSPS) is 15.0. The predicted molar refractivity (Wildman–Crippen MR) is 96.6 cm³/mol. The van der Waals surface area contributed by atoms with Crippen LogP contribution in [0.15, 0.2) is 18.2 Å². The Bertz CT molecular complexity index is 643. The maximum atomic E-state index is 12.2. The number of aromatic hydroxyl groups is 2. The Hall–Kier alpha value is -2.28. The third kappa shape index (κ3) is 5.91. The summed E-state index contributed by atoms with van der Waals surface area (Å²) < 4.78 is 10.7. The van der Waals surface area contributed by atoms with Gasteiger partial charge in [-0.05, 0) is 58.2 Å². The van der Waals surface area contributed by atoms with Gasteiger partial charge in [-0.3, -0.25) is 9.59 Å². The molecule has 1 rings (SSSR count). The minimum absolute atomic E-state index is 0.135. The molecular weight excluding hydrogens is 338 g/mol. The molecule has 146 valence electrons. The number of hydrogen-bond donors (Lipinski definition) is 3. The number of hydrogen-bond acceptors (Lipinski definition) is 7. The Morgan fingerprint density at radius 1 is 1.12 bits per heavy atom. The van der Waals surface area contributed by atoms with E-state index in [1.165, 1.54) is 12.1 Å². The molecule has 26 heavy (non-hydrogen) atoms. The number of phenolic OH excluding ortho intramolecular Hbond substituents is 2. The lowest BCUT2D eigenvalue weighted by atomic mass is 9.90. The van der Waals surface area contributed by atoms with Crippen LogP contribution < -0.4 is 5.73 Å². The van der Waals surface area contributed by atoms with Gasteiger partial charge in [0.15, 0.2) is 11.5 Å². The Morgan fingerprint density at radius 2 is 1.69 bits per heavy atom. The van der Waals surface area contributed by atoms with E-state index in [0.29, 0.717) is 12.0 Å². The van der Waals surface area contributed by atoms with Crippen LogP contribution in [0, 0.1) is 5.41 Å². The molecule has 0 aliphatic carbocycles. The van der Waals surface area contributed by atoms with E-state index in [-0.39, 0.29) is 23.9 Å². The molecule has 1 aromatic rings. The summed E-state index contributed by atoms with van der Waals surface area (Å²) in [5.41, 5.74) is 5.83. The standard InChI is InChI=1S/C19H29NO6/c1-6-19(4,5)18(24)26-12(3)11(2)25-17(23)14(20)9-13-7-8-15(21)16(22)10-13/h7-8,10-12,14,21-22H,6,9,20H2,1-5H3/t11-,12-,14-/m0/s1. The molecule has 0 bridgehead atoms. The molecule has 0 aliphatic rings. The third-order valence-corrected chi connectivity index (χ3v) is 4.49. The topological polar surface area (TPSA) is 119 Å². The lowest BCUT2D eigenvalue weighted by Gasteiger charge is -2.27. The summed E-state index contributed by atoms with van der Waals surface area (Å²) in [7, 11) is 0. The van der Waals surface area contributed by atoms with Crippen molar-refractivity contribution in [2.24, 2.45) is 11.1 Å². The van der Waals surface area contributed by atoms with Gasteiger partial charge >= 0.3 is 11.9 Å². The van der Waals surface area contributed by atoms with Crippen LogP contribution in [0.1, 0.15) is 46.6 Å². The Balaban J connectivity index is 2.59. The van der Waals surface area contributed by atoms with Crippen molar-refractivity contribution in [3.05, 3.63) is 23.8 Å². The van der Waals surface area contributed by atoms with Crippen molar-refractivity contribution in [1.82, 2.24) is 0 Å². The average Bonchev–Trinajstić information content (AvgIpc) is 2.57. The van der Waals surface area contributed by atoms with Crippen LogP contribution in [-0.4, -0.2) is 40.4 Å². The molecule has 0 saturated carbocycles. The van der Waals surface area contributed by atoms with Crippen LogP contribution in [0.2, 0.25) is 0 Å². The van der Waals surface area contributed by atoms with E-state index in [1.807, 2.05) is 6.92 Å². The van der Waals surface area contributed by atoms with E-state index < -0.39 is 29.6 Å². The van der Waals surface area contributed by atoms with E-state index in [2.05, 4.69) is 0 Å². The van der Waals surface area contributed by atoms with Gasteiger partial charge in [-0.1, -0.05) is 13.0 Å². The molecule has 0 aliphatic heterocycles. The Kier molecular flexibility index (Phi) is 7.44. The molecule has 0 radical (unpaired) electrons. The fourth-order valence-electron chi connectivity index (χ4n) is 1.97. The van der Waals surface area contributed by atoms with E-state index in [1.54, 1.807) is 33.8 Å². The molecule has 0 heterocycles. The molecule has 3 atom stereocenters. The van der Waals surface area contributed by atoms with E-state index in [4.69, 9.17) is 15.2 Å². The molecule has 0 aromatic heterocycles. The molecule has 1 aromatic carbocycles. The summed E-state index contributed by atoms with van der Waals surface area (Å²) in [5, 5.41) is 18.8. The maximum Gasteiger partial charge on any atom is 0.323 e. The summed E-state index contributed by atoms with van der Waals surface area (Å²) in [4.78, 5) is 24.3. The summed E-state index contributed by atoms with van der Waals surface area (Å²) in [6, 6.07) is 3.27. The maximum absolute atomic E-state index is 12.2. The van der Waals surface area contributed by atoms with Crippen molar-refractivity contribution >= 4 is 11.9 Å². The van der Waals surface area contributed by atoms with Gasteiger partial charge in [0.1, 0.15) is 18.2 Å². The molecule has 0 unspecified atom stereocenters. The minimum Gasteiger partial charge on any atom is -0.504 e.